The Morgan fingerprint density at radius 1 is 1.22 bits per heavy atom. The summed E-state index contributed by atoms with van der Waals surface area (Å²) in [5.74, 6) is -1.60. The van der Waals surface area contributed by atoms with Crippen molar-refractivity contribution in [3.8, 4) is 5.88 Å². The first-order valence-corrected chi connectivity index (χ1v) is 5.20. The molecule has 0 unspecified atom stereocenters. The number of benzene rings is 1. The van der Waals surface area contributed by atoms with Crippen LogP contribution in [0.25, 0.3) is 11.0 Å². The Morgan fingerprint density at radius 3 is 2.17 bits per heavy atom. The Balaban J connectivity index is 0.00000162. The molecule has 1 heterocycles. The van der Waals surface area contributed by atoms with Crippen molar-refractivity contribution >= 4 is 40.2 Å². The Morgan fingerprint density at radius 2 is 1.72 bits per heavy atom. The first kappa shape index (κ1) is 15.5. The molecule has 0 N–H and O–H groups in total. The second-order valence-electron chi connectivity index (χ2n) is 3.12. The average molecular weight is 295 g/mol. The number of carboxylic acids is 1. The molecule has 2 rings (SSSR count). The molecule has 0 saturated heterocycles. The third-order valence-corrected chi connectivity index (χ3v) is 2.78. The first-order valence-electron chi connectivity index (χ1n) is 4.45. The maximum absolute atomic E-state index is 10.8. The SMILES string of the molecule is COc1nc2cc(Cl)c(Cl)cc2nc1C(=O)[O-].[Na+]. The maximum Gasteiger partial charge on any atom is 1.00 e. The van der Waals surface area contributed by atoms with Crippen LogP contribution in [-0.4, -0.2) is 23.0 Å². The van der Waals surface area contributed by atoms with Crippen molar-refractivity contribution in [1.29, 1.82) is 0 Å². The number of rotatable bonds is 2. The molecular formula is C10H5Cl2N2NaO3. The van der Waals surface area contributed by atoms with Crippen LogP contribution in [0.15, 0.2) is 12.1 Å². The van der Waals surface area contributed by atoms with E-state index in [1.807, 2.05) is 0 Å². The topological polar surface area (TPSA) is 75.1 Å². The second kappa shape index (κ2) is 6.04. The van der Waals surface area contributed by atoms with Crippen LogP contribution in [0.4, 0.5) is 0 Å². The number of carboxylic acid groups (broad SMARTS) is 1. The van der Waals surface area contributed by atoms with E-state index < -0.39 is 5.97 Å². The third kappa shape index (κ3) is 2.87. The number of halogens is 2. The van der Waals surface area contributed by atoms with Gasteiger partial charge in [0.1, 0.15) is 5.69 Å². The van der Waals surface area contributed by atoms with Crippen molar-refractivity contribution in [2.75, 3.05) is 7.11 Å². The molecule has 5 nitrogen and oxygen atoms in total. The van der Waals surface area contributed by atoms with Gasteiger partial charge in [-0.05, 0) is 12.1 Å². The minimum atomic E-state index is -1.47. The summed E-state index contributed by atoms with van der Waals surface area (Å²) in [4.78, 5) is 18.6. The average Bonchev–Trinajstić information content (AvgIpc) is 2.29. The largest absolute Gasteiger partial charge is 1.00 e. The summed E-state index contributed by atoms with van der Waals surface area (Å²) in [6, 6.07) is 2.91. The number of ether oxygens (including phenoxy) is 1. The fourth-order valence-corrected chi connectivity index (χ4v) is 1.63. The van der Waals surface area contributed by atoms with Crippen molar-refractivity contribution < 1.29 is 44.2 Å². The molecule has 0 aliphatic carbocycles. The summed E-state index contributed by atoms with van der Waals surface area (Å²) in [6.45, 7) is 0. The molecule has 88 valence electrons. The van der Waals surface area contributed by atoms with Crippen LogP contribution in [0, 0.1) is 0 Å². The Kier molecular flexibility index (Phi) is 5.19. The predicted octanol–water partition coefficient (Wildman–Crippen LogP) is -1.69. The molecule has 0 saturated carbocycles. The van der Waals surface area contributed by atoms with E-state index in [2.05, 4.69) is 9.97 Å². The summed E-state index contributed by atoms with van der Waals surface area (Å²) in [7, 11) is 1.29. The number of fused-ring (bicyclic) bond motifs is 1. The van der Waals surface area contributed by atoms with Crippen molar-refractivity contribution in [3.63, 3.8) is 0 Å². The van der Waals surface area contributed by atoms with Crippen LogP contribution in [0.2, 0.25) is 10.0 Å². The molecule has 0 fully saturated rings. The standard InChI is InChI=1S/C10H6Cl2N2O3.Na/c1-17-9-8(10(15)16)13-6-2-4(11)5(12)3-7(6)14-9;/h2-3H,1H3,(H,15,16);/q;+1/p-1. The number of hydrogen-bond acceptors (Lipinski definition) is 5. The number of nitrogens with zero attached hydrogens (tertiary/aromatic N) is 2. The minimum absolute atomic E-state index is 0. The Labute approximate surface area is 134 Å². The molecule has 0 radical (unpaired) electrons. The van der Waals surface area contributed by atoms with E-state index in [0.717, 1.165) is 0 Å². The summed E-state index contributed by atoms with van der Waals surface area (Å²) < 4.78 is 4.81. The first-order chi connectivity index (χ1) is 8.02. The maximum atomic E-state index is 10.8. The number of carbonyl (C=O) groups excluding carboxylic acids is 1. The molecular weight excluding hydrogens is 290 g/mol. The number of aromatic nitrogens is 2. The fraction of sp³-hybridized carbons (Fsp3) is 0.100. The molecule has 0 spiro atoms. The zero-order valence-corrected chi connectivity index (χ0v) is 13.0. The van der Waals surface area contributed by atoms with Crippen LogP contribution in [-0.2, 0) is 0 Å². The van der Waals surface area contributed by atoms with Gasteiger partial charge in [0, 0.05) is 0 Å². The van der Waals surface area contributed by atoms with E-state index in [1.54, 1.807) is 0 Å². The molecule has 0 bridgehead atoms. The van der Waals surface area contributed by atoms with Gasteiger partial charge in [0.25, 0.3) is 0 Å². The zero-order chi connectivity index (χ0) is 12.6. The number of carbonyl (C=O) groups is 1. The van der Waals surface area contributed by atoms with E-state index in [-0.39, 0.29) is 46.2 Å². The van der Waals surface area contributed by atoms with Gasteiger partial charge in [-0.2, -0.15) is 0 Å². The third-order valence-electron chi connectivity index (χ3n) is 2.06. The van der Waals surface area contributed by atoms with Crippen LogP contribution < -0.4 is 39.4 Å². The van der Waals surface area contributed by atoms with Crippen LogP contribution >= 0.6 is 23.2 Å². The molecule has 2 aromatic rings. The smallest absolute Gasteiger partial charge is 0.543 e. The second-order valence-corrected chi connectivity index (χ2v) is 3.94. The van der Waals surface area contributed by atoms with Gasteiger partial charge in [-0.15, -0.1) is 0 Å². The van der Waals surface area contributed by atoms with Crippen molar-refractivity contribution in [2.24, 2.45) is 0 Å². The Bertz CT molecular complexity index is 622. The molecule has 18 heavy (non-hydrogen) atoms. The Hall–Kier alpha value is -0.590. The zero-order valence-electron chi connectivity index (χ0n) is 9.53. The van der Waals surface area contributed by atoms with Gasteiger partial charge < -0.3 is 14.6 Å². The normalized spacial score (nSPS) is 9.94. The molecule has 0 amide bonds. The van der Waals surface area contributed by atoms with E-state index in [0.29, 0.717) is 16.1 Å². The fourth-order valence-electron chi connectivity index (χ4n) is 1.31. The molecule has 1 aromatic heterocycles. The summed E-state index contributed by atoms with van der Waals surface area (Å²) in [5.41, 5.74) is 0.319. The molecule has 8 heteroatoms. The van der Waals surface area contributed by atoms with Gasteiger partial charge in [0.2, 0.25) is 5.88 Å². The van der Waals surface area contributed by atoms with Gasteiger partial charge in [-0.25, -0.2) is 9.97 Å². The van der Waals surface area contributed by atoms with Crippen molar-refractivity contribution in [3.05, 3.63) is 27.9 Å². The molecule has 1 aromatic carbocycles. The number of hydrogen-bond donors (Lipinski definition) is 0. The molecule has 0 atom stereocenters. The van der Waals surface area contributed by atoms with E-state index in [9.17, 15) is 9.90 Å². The van der Waals surface area contributed by atoms with Crippen LogP contribution in [0.5, 0.6) is 5.88 Å². The van der Waals surface area contributed by atoms with Gasteiger partial charge in [0.15, 0.2) is 0 Å². The van der Waals surface area contributed by atoms with Gasteiger partial charge in [-0.3, -0.25) is 0 Å². The van der Waals surface area contributed by atoms with Gasteiger partial charge in [-0.1, -0.05) is 23.2 Å². The number of aromatic carboxylic acids is 1. The molecule has 0 aliphatic heterocycles. The van der Waals surface area contributed by atoms with E-state index >= 15 is 0 Å². The summed E-state index contributed by atoms with van der Waals surface area (Å²) in [5, 5.41) is 11.4. The van der Waals surface area contributed by atoms with Gasteiger partial charge in [0.05, 0.1) is 34.2 Å². The van der Waals surface area contributed by atoms with E-state index in [4.69, 9.17) is 27.9 Å². The quantitative estimate of drug-likeness (QED) is 0.618. The van der Waals surface area contributed by atoms with Crippen molar-refractivity contribution in [2.45, 2.75) is 0 Å². The minimum Gasteiger partial charge on any atom is -0.543 e. The number of methoxy groups -OCH3 is 1. The summed E-state index contributed by atoms with van der Waals surface area (Å²) in [6.07, 6.45) is 0. The van der Waals surface area contributed by atoms with Crippen molar-refractivity contribution in [1.82, 2.24) is 9.97 Å². The van der Waals surface area contributed by atoms with Crippen LogP contribution in [0.1, 0.15) is 10.5 Å². The predicted molar refractivity (Wildman–Crippen MR) is 60.4 cm³/mol. The van der Waals surface area contributed by atoms with Crippen LogP contribution in [0.3, 0.4) is 0 Å². The molecule has 0 aliphatic rings. The van der Waals surface area contributed by atoms with E-state index in [1.165, 1.54) is 19.2 Å². The summed E-state index contributed by atoms with van der Waals surface area (Å²) >= 11 is 11.6. The van der Waals surface area contributed by atoms with Gasteiger partial charge >= 0.3 is 29.6 Å². The monoisotopic (exact) mass is 294 g/mol.